The molecular weight excluding hydrogens is 302 g/mol. The van der Waals surface area contributed by atoms with Crippen molar-refractivity contribution in [2.24, 2.45) is 0 Å². The van der Waals surface area contributed by atoms with E-state index in [-0.39, 0.29) is 12.0 Å². The Morgan fingerprint density at radius 2 is 1.88 bits per heavy atom. The Morgan fingerprint density at radius 3 is 2.54 bits per heavy atom. The van der Waals surface area contributed by atoms with Crippen molar-refractivity contribution in [1.29, 1.82) is 0 Å². The molecule has 1 aromatic heterocycles. The standard InChI is InChI=1S/C19H23N3O2/c1-15-7-9-18(21-20-15)24-17-11-13-22(14-12-17)19(23)10-8-16-5-3-2-4-6-16/h2-7,9,17H,8,10-14H2,1H3. The van der Waals surface area contributed by atoms with E-state index in [4.69, 9.17) is 4.74 Å². The maximum absolute atomic E-state index is 12.3. The van der Waals surface area contributed by atoms with E-state index in [9.17, 15) is 4.79 Å². The smallest absolute Gasteiger partial charge is 0.233 e. The van der Waals surface area contributed by atoms with Crippen LogP contribution in [0.4, 0.5) is 0 Å². The number of rotatable bonds is 5. The molecule has 126 valence electrons. The van der Waals surface area contributed by atoms with Crippen molar-refractivity contribution < 1.29 is 9.53 Å². The Hall–Kier alpha value is -2.43. The van der Waals surface area contributed by atoms with Crippen LogP contribution in [0.1, 0.15) is 30.5 Å². The van der Waals surface area contributed by atoms with E-state index in [1.54, 1.807) is 0 Å². The highest BCUT2D eigenvalue weighted by molar-refractivity contribution is 5.76. The minimum absolute atomic E-state index is 0.111. The molecule has 0 radical (unpaired) electrons. The summed E-state index contributed by atoms with van der Waals surface area (Å²) in [6, 6.07) is 13.9. The summed E-state index contributed by atoms with van der Waals surface area (Å²) in [4.78, 5) is 14.3. The first kappa shape index (κ1) is 16.4. The van der Waals surface area contributed by atoms with E-state index >= 15 is 0 Å². The number of hydrogen-bond acceptors (Lipinski definition) is 4. The van der Waals surface area contributed by atoms with Crippen molar-refractivity contribution in [1.82, 2.24) is 15.1 Å². The van der Waals surface area contributed by atoms with Crippen molar-refractivity contribution >= 4 is 5.91 Å². The molecular formula is C19H23N3O2. The highest BCUT2D eigenvalue weighted by Gasteiger charge is 2.24. The van der Waals surface area contributed by atoms with Gasteiger partial charge in [-0.1, -0.05) is 30.3 Å². The van der Waals surface area contributed by atoms with Gasteiger partial charge in [-0.3, -0.25) is 4.79 Å². The molecule has 0 atom stereocenters. The second-order valence-electron chi connectivity index (χ2n) is 6.20. The molecule has 5 heteroatoms. The average molecular weight is 325 g/mol. The lowest BCUT2D eigenvalue weighted by atomic mass is 10.1. The number of aromatic nitrogens is 2. The maximum Gasteiger partial charge on any atom is 0.233 e. The second kappa shape index (κ2) is 7.90. The van der Waals surface area contributed by atoms with Gasteiger partial charge in [0, 0.05) is 38.4 Å². The summed E-state index contributed by atoms with van der Waals surface area (Å²) in [5.41, 5.74) is 2.09. The molecule has 0 N–H and O–H groups in total. The Labute approximate surface area is 142 Å². The van der Waals surface area contributed by atoms with Crippen LogP contribution in [0.5, 0.6) is 5.88 Å². The second-order valence-corrected chi connectivity index (χ2v) is 6.20. The Kier molecular flexibility index (Phi) is 5.41. The van der Waals surface area contributed by atoms with Gasteiger partial charge in [0.2, 0.25) is 11.8 Å². The van der Waals surface area contributed by atoms with Gasteiger partial charge in [0.05, 0.1) is 5.69 Å². The average Bonchev–Trinajstić information content (AvgIpc) is 2.63. The fraction of sp³-hybridized carbons (Fsp3) is 0.421. The number of aryl methyl sites for hydroxylation is 2. The lowest BCUT2D eigenvalue weighted by molar-refractivity contribution is -0.132. The van der Waals surface area contributed by atoms with Crippen LogP contribution in [0.25, 0.3) is 0 Å². The van der Waals surface area contributed by atoms with Crippen LogP contribution in [0.2, 0.25) is 0 Å². The summed E-state index contributed by atoms with van der Waals surface area (Å²) in [5, 5.41) is 8.04. The maximum atomic E-state index is 12.3. The van der Waals surface area contributed by atoms with Crippen LogP contribution < -0.4 is 4.74 Å². The van der Waals surface area contributed by atoms with Crippen molar-refractivity contribution in [3.8, 4) is 5.88 Å². The largest absolute Gasteiger partial charge is 0.473 e. The third-order valence-electron chi connectivity index (χ3n) is 4.33. The molecule has 0 spiro atoms. The van der Waals surface area contributed by atoms with Crippen LogP contribution in [-0.2, 0) is 11.2 Å². The first-order chi connectivity index (χ1) is 11.7. The van der Waals surface area contributed by atoms with Crippen LogP contribution in [0.3, 0.4) is 0 Å². The highest BCUT2D eigenvalue weighted by atomic mass is 16.5. The van der Waals surface area contributed by atoms with Gasteiger partial charge < -0.3 is 9.64 Å². The van der Waals surface area contributed by atoms with Crippen molar-refractivity contribution in [3.05, 3.63) is 53.7 Å². The lowest BCUT2D eigenvalue weighted by Gasteiger charge is -2.32. The van der Waals surface area contributed by atoms with E-state index in [0.29, 0.717) is 12.3 Å². The first-order valence-electron chi connectivity index (χ1n) is 8.49. The Morgan fingerprint density at radius 1 is 1.12 bits per heavy atom. The SMILES string of the molecule is Cc1ccc(OC2CCN(C(=O)CCc3ccccc3)CC2)nn1. The first-order valence-corrected chi connectivity index (χ1v) is 8.49. The summed E-state index contributed by atoms with van der Waals surface area (Å²) < 4.78 is 5.86. The minimum atomic E-state index is 0.111. The van der Waals surface area contributed by atoms with Crippen LogP contribution in [-0.4, -0.2) is 40.2 Å². The lowest BCUT2D eigenvalue weighted by Crippen LogP contribution is -2.41. The molecule has 1 saturated heterocycles. The number of likely N-dealkylation sites (tertiary alicyclic amines) is 1. The fourth-order valence-corrected chi connectivity index (χ4v) is 2.90. The minimum Gasteiger partial charge on any atom is -0.473 e. The molecule has 0 saturated carbocycles. The predicted octanol–water partition coefficient (Wildman–Crippen LogP) is 2.79. The third-order valence-corrected chi connectivity index (χ3v) is 4.33. The number of amides is 1. The highest BCUT2D eigenvalue weighted by Crippen LogP contribution is 2.18. The van der Waals surface area contributed by atoms with Crippen LogP contribution in [0.15, 0.2) is 42.5 Å². The third kappa shape index (κ3) is 4.54. The van der Waals surface area contributed by atoms with E-state index in [1.807, 2.05) is 42.2 Å². The zero-order valence-electron chi connectivity index (χ0n) is 14.0. The molecule has 2 heterocycles. The molecule has 1 aliphatic heterocycles. The van der Waals surface area contributed by atoms with E-state index < -0.39 is 0 Å². The monoisotopic (exact) mass is 325 g/mol. The number of benzene rings is 1. The Bertz CT molecular complexity index is 650. The molecule has 1 aromatic carbocycles. The molecule has 0 bridgehead atoms. The fourth-order valence-electron chi connectivity index (χ4n) is 2.90. The summed E-state index contributed by atoms with van der Waals surface area (Å²) in [6.45, 7) is 3.39. The molecule has 5 nitrogen and oxygen atoms in total. The molecule has 1 fully saturated rings. The Balaban J connectivity index is 1.42. The molecule has 2 aromatic rings. The summed E-state index contributed by atoms with van der Waals surface area (Å²) in [5.74, 6) is 0.793. The van der Waals surface area contributed by atoms with Gasteiger partial charge in [0.1, 0.15) is 6.10 Å². The number of carbonyl (C=O) groups excluding carboxylic acids is 1. The van der Waals surface area contributed by atoms with E-state index in [2.05, 4.69) is 22.3 Å². The summed E-state index contributed by atoms with van der Waals surface area (Å²) >= 11 is 0. The van der Waals surface area contributed by atoms with Gasteiger partial charge in [-0.05, 0) is 25.0 Å². The molecule has 3 rings (SSSR count). The molecule has 1 aliphatic rings. The zero-order valence-corrected chi connectivity index (χ0v) is 14.0. The molecule has 0 aliphatic carbocycles. The van der Waals surface area contributed by atoms with E-state index in [1.165, 1.54) is 5.56 Å². The van der Waals surface area contributed by atoms with E-state index in [0.717, 1.165) is 38.0 Å². The topological polar surface area (TPSA) is 55.3 Å². The summed E-state index contributed by atoms with van der Waals surface area (Å²) in [6.07, 6.45) is 3.16. The number of carbonyl (C=O) groups is 1. The normalized spacial score (nSPS) is 15.3. The molecule has 1 amide bonds. The summed E-state index contributed by atoms with van der Waals surface area (Å²) in [7, 11) is 0. The van der Waals surface area contributed by atoms with Gasteiger partial charge in [-0.15, -0.1) is 5.10 Å². The quantitative estimate of drug-likeness (QED) is 0.848. The number of nitrogens with zero attached hydrogens (tertiary/aromatic N) is 3. The molecule has 0 unspecified atom stereocenters. The van der Waals surface area contributed by atoms with Crippen LogP contribution >= 0.6 is 0 Å². The predicted molar refractivity (Wildman–Crippen MR) is 91.8 cm³/mol. The number of ether oxygens (including phenoxy) is 1. The van der Waals surface area contributed by atoms with Crippen molar-refractivity contribution in [2.45, 2.75) is 38.7 Å². The van der Waals surface area contributed by atoms with Gasteiger partial charge in [0.15, 0.2) is 0 Å². The molecule has 24 heavy (non-hydrogen) atoms. The van der Waals surface area contributed by atoms with Gasteiger partial charge in [0.25, 0.3) is 0 Å². The number of hydrogen-bond donors (Lipinski definition) is 0. The van der Waals surface area contributed by atoms with Crippen LogP contribution in [0, 0.1) is 6.92 Å². The number of piperidine rings is 1. The van der Waals surface area contributed by atoms with Gasteiger partial charge >= 0.3 is 0 Å². The van der Waals surface area contributed by atoms with Gasteiger partial charge in [-0.2, -0.15) is 5.10 Å². The van der Waals surface area contributed by atoms with Crippen molar-refractivity contribution in [2.75, 3.05) is 13.1 Å². The zero-order chi connectivity index (χ0) is 16.8. The van der Waals surface area contributed by atoms with Gasteiger partial charge in [-0.25, -0.2) is 0 Å². The van der Waals surface area contributed by atoms with Crippen molar-refractivity contribution in [3.63, 3.8) is 0 Å².